The van der Waals surface area contributed by atoms with Gasteiger partial charge in [0, 0.05) is 5.92 Å². The van der Waals surface area contributed by atoms with E-state index in [9.17, 15) is 14.4 Å². The largest absolute Gasteiger partial charge is 0.481 e. The smallest absolute Gasteiger partial charge is 0.407 e. The van der Waals surface area contributed by atoms with Crippen LogP contribution in [0.25, 0.3) is 11.1 Å². The molecule has 0 saturated carbocycles. The number of ether oxygens (including phenoxy) is 2. The van der Waals surface area contributed by atoms with Crippen molar-refractivity contribution in [1.82, 2.24) is 5.32 Å². The molecule has 0 spiro atoms. The van der Waals surface area contributed by atoms with Crippen molar-refractivity contribution in [3.63, 3.8) is 0 Å². The Labute approximate surface area is 172 Å². The quantitative estimate of drug-likeness (QED) is 0.480. The molecule has 0 fully saturated rings. The van der Waals surface area contributed by atoms with Crippen LogP contribution in [-0.2, 0) is 19.1 Å². The first-order valence-corrected chi connectivity index (χ1v) is 10.3. The third-order valence-electron chi connectivity index (χ3n) is 4.42. The summed E-state index contributed by atoms with van der Waals surface area (Å²) in [6, 6.07) is 16.2. The summed E-state index contributed by atoms with van der Waals surface area (Å²) >= 11 is 0.959. The maximum absolute atomic E-state index is 12.0. The van der Waals surface area contributed by atoms with Crippen LogP contribution in [0.2, 0.25) is 0 Å². The second kappa shape index (κ2) is 9.97. The number of rotatable bonds is 9. The van der Waals surface area contributed by atoms with Gasteiger partial charge in [-0.2, -0.15) is 0 Å². The highest BCUT2D eigenvalue weighted by Gasteiger charge is 2.28. The number of carboxylic acid groups (broad SMARTS) is 1. The number of esters is 1. The number of benzene rings is 2. The Balaban J connectivity index is 1.41. The van der Waals surface area contributed by atoms with E-state index >= 15 is 0 Å². The van der Waals surface area contributed by atoms with Crippen molar-refractivity contribution < 1.29 is 29.0 Å². The monoisotopic (exact) mass is 415 g/mol. The molecule has 29 heavy (non-hydrogen) atoms. The van der Waals surface area contributed by atoms with E-state index in [1.807, 2.05) is 36.4 Å². The van der Waals surface area contributed by atoms with Gasteiger partial charge in [-0.1, -0.05) is 48.5 Å². The normalized spacial score (nSPS) is 12.0. The lowest BCUT2D eigenvalue weighted by Gasteiger charge is -2.14. The van der Waals surface area contributed by atoms with Gasteiger partial charge < -0.3 is 19.9 Å². The fourth-order valence-corrected chi connectivity index (χ4v) is 3.76. The molecule has 0 aromatic heterocycles. The Kier molecular flexibility index (Phi) is 7.13. The molecule has 0 radical (unpaired) electrons. The molecule has 1 amide bonds. The summed E-state index contributed by atoms with van der Waals surface area (Å²) in [7, 11) is 0. The number of carboxylic acids is 1. The maximum Gasteiger partial charge on any atom is 0.407 e. The molecular weight excluding hydrogens is 394 g/mol. The van der Waals surface area contributed by atoms with Crippen LogP contribution in [0.5, 0.6) is 0 Å². The van der Waals surface area contributed by atoms with Crippen molar-refractivity contribution in [1.29, 1.82) is 0 Å². The summed E-state index contributed by atoms with van der Waals surface area (Å²) in [5, 5.41) is 11.0. The molecule has 0 unspecified atom stereocenters. The first-order chi connectivity index (χ1) is 14.1. The topological polar surface area (TPSA) is 102 Å². The van der Waals surface area contributed by atoms with E-state index in [4.69, 9.17) is 14.6 Å². The average molecular weight is 415 g/mol. The summed E-state index contributed by atoms with van der Waals surface area (Å²) < 4.78 is 10.3. The minimum Gasteiger partial charge on any atom is -0.481 e. The number of aliphatic carboxylic acids is 1. The van der Waals surface area contributed by atoms with Gasteiger partial charge in [0.05, 0.1) is 18.1 Å². The molecule has 2 aromatic carbocycles. The van der Waals surface area contributed by atoms with Gasteiger partial charge >= 0.3 is 18.0 Å². The lowest BCUT2D eigenvalue weighted by Crippen LogP contribution is -2.30. The van der Waals surface area contributed by atoms with Gasteiger partial charge in [0.25, 0.3) is 0 Å². The Morgan fingerprint density at radius 2 is 1.55 bits per heavy atom. The molecular formula is C21H21NO6S. The van der Waals surface area contributed by atoms with Crippen LogP contribution in [0, 0.1) is 0 Å². The first kappa shape index (κ1) is 20.7. The zero-order valence-corrected chi connectivity index (χ0v) is 16.4. The first-order valence-electron chi connectivity index (χ1n) is 9.10. The van der Waals surface area contributed by atoms with Crippen molar-refractivity contribution >= 4 is 29.8 Å². The van der Waals surface area contributed by atoms with Gasteiger partial charge in [-0.15, -0.1) is 11.8 Å². The fraction of sp³-hybridized carbons (Fsp3) is 0.286. The van der Waals surface area contributed by atoms with Crippen molar-refractivity contribution in [2.45, 2.75) is 5.92 Å². The van der Waals surface area contributed by atoms with Crippen LogP contribution in [0.15, 0.2) is 48.5 Å². The van der Waals surface area contributed by atoms with E-state index in [2.05, 4.69) is 17.4 Å². The summed E-state index contributed by atoms with van der Waals surface area (Å²) in [5.74, 6) is -1.73. The van der Waals surface area contributed by atoms with Crippen LogP contribution < -0.4 is 5.32 Å². The molecule has 3 rings (SSSR count). The number of fused-ring (bicyclic) bond motifs is 3. The van der Waals surface area contributed by atoms with E-state index in [-0.39, 0.29) is 37.2 Å². The van der Waals surface area contributed by atoms with Gasteiger partial charge in [-0.25, -0.2) is 4.79 Å². The zero-order valence-electron chi connectivity index (χ0n) is 15.6. The lowest BCUT2D eigenvalue weighted by molar-refractivity contribution is -0.140. The van der Waals surface area contributed by atoms with Crippen LogP contribution in [-0.4, -0.2) is 54.4 Å². The summed E-state index contributed by atoms with van der Waals surface area (Å²) in [5.41, 5.74) is 4.58. The van der Waals surface area contributed by atoms with E-state index in [1.54, 1.807) is 0 Å². The number of thioether (sulfide) groups is 1. The Morgan fingerprint density at radius 1 is 0.931 bits per heavy atom. The fourth-order valence-electron chi connectivity index (χ4n) is 3.23. The number of nitrogens with one attached hydrogen (secondary N) is 1. The van der Waals surface area contributed by atoms with Crippen molar-refractivity contribution in [2.24, 2.45) is 0 Å². The summed E-state index contributed by atoms with van der Waals surface area (Å²) in [4.78, 5) is 33.8. The number of hydrogen-bond acceptors (Lipinski definition) is 6. The number of alkyl carbamates (subject to hydrolysis) is 1. The Morgan fingerprint density at radius 3 is 2.17 bits per heavy atom. The number of carbonyl (C=O) groups is 3. The molecule has 0 atom stereocenters. The Hall–Kier alpha value is -3.00. The molecule has 152 valence electrons. The molecule has 7 nitrogen and oxygen atoms in total. The third kappa shape index (κ3) is 5.51. The van der Waals surface area contributed by atoms with Gasteiger partial charge in [0.15, 0.2) is 0 Å². The predicted octanol–water partition coefficient (Wildman–Crippen LogP) is 2.89. The molecule has 2 aromatic rings. The van der Waals surface area contributed by atoms with E-state index < -0.39 is 18.0 Å². The number of hydrogen-bond donors (Lipinski definition) is 2. The van der Waals surface area contributed by atoms with E-state index in [0.717, 1.165) is 34.0 Å². The van der Waals surface area contributed by atoms with Crippen LogP contribution in [0.3, 0.4) is 0 Å². The molecule has 2 N–H and O–H groups in total. The molecule has 0 saturated heterocycles. The second-order valence-corrected chi connectivity index (χ2v) is 7.34. The highest BCUT2D eigenvalue weighted by Crippen LogP contribution is 2.44. The minimum absolute atomic E-state index is 0.00331. The van der Waals surface area contributed by atoms with Crippen molar-refractivity contribution in [3.8, 4) is 11.1 Å². The molecule has 8 heteroatoms. The van der Waals surface area contributed by atoms with Crippen molar-refractivity contribution in [2.75, 3.05) is 31.3 Å². The highest BCUT2D eigenvalue weighted by molar-refractivity contribution is 8.00. The second-order valence-electron chi connectivity index (χ2n) is 6.36. The minimum atomic E-state index is -0.986. The summed E-state index contributed by atoms with van der Waals surface area (Å²) in [6.45, 7) is 0.328. The third-order valence-corrected chi connectivity index (χ3v) is 5.31. The van der Waals surface area contributed by atoms with Gasteiger partial charge in [0.1, 0.15) is 13.2 Å². The number of carbonyl (C=O) groups excluding carboxylic acids is 2. The molecule has 0 bridgehead atoms. The Bertz CT molecular complexity index is 855. The molecule has 1 aliphatic carbocycles. The van der Waals surface area contributed by atoms with Gasteiger partial charge in [0.2, 0.25) is 0 Å². The lowest BCUT2D eigenvalue weighted by atomic mass is 9.98. The molecule has 1 aliphatic rings. The maximum atomic E-state index is 12.0. The molecule has 0 aliphatic heterocycles. The van der Waals surface area contributed by atoms with Crippen LogP contribution >= 0.6 is 11.8 Å². The van der Waals surface area contributed by atoms with Crippen LogP contribution in [0.4, 0.5) is 4.79 Å². The highest BCUT2D eigenvalue weighted by atomic mass is 32.2. The van der Waals surface area contributed by atoms with Gasteiger partial charge in [-0.05, 0) is 22.3 Å². The molecule has 0 heterocycles. The predicted molar refractivity (Wildman–Crippen MR) is 109 cm³/mol. The van der Waals surface area contributed by atoms with E-state index in [0.29, 0.717) is 0 Å². The van der Waals surface area contributed by atoms with Crippen LogP contribution in [0.1, 0.15) is 17.0 Å². The number of amides is 1. The van der Waals surface area contributed by atoms with Gasteiger partial charge in [-0.3, -0.25) is 9.59 Å². The van der Waals surface area contributed by atoms with E-state index in [1.165, 1.54) is 0 Å². The SMILES string of the molecule is O=C(O)CSCC(=O)OCCNC(=O)OCC1c2ccccc2-c2ccccc21. The zero-order chi connectivity index (χ0) is 20.6. The standard InChI is InChI=1S/C21H21NO6S/c23-19(24)12-29-13-20(25)27-10-9-22-21(26)28-11-18-16-7-3-1-5-14(16)15-6-2-4-8-17(15)18/h1-8,18H,9-13H2,(H,22,26)(H,23,24). The summed E-state index contributed by atoms with van der Waals surface area (Å²) in [6.07, 6.45) is -0.580. The average Bonchev–Trinajstić information content (AvgIpc) is 3.03. The van der Waals surface area contributed by atoms with Crippen molar-refractivity contribution in [3.05, 3.63) is 59.7 Å².